The molecule has 156 valence electrons. The van der Waals surface area contributed by atoms with Crippen LogP contribution in [0.25, 0.3) is 0 Å². The predicted octanol–water partition coefficient (Wildman–Crippen LogP) is 5.49. The van der Waals surface area contributed by atoms with E-state index >= 15 is 0 Å². The molecule has 0 unspecified atom stereocenters. The lowest BCUT2D eigenvalue weighted by Crippen LogP contribution is -2.49. The first-order chi connectivity index (χ1) is 14.1. The number of carbonyl (C=O) groups is 1. The molecule has 5 rings (SSSR count). The molecule has 0 N–H and O–H groups in total. The minimum absolute atomic E-state index is 0.0674. The Hall–Kier alpha value is -1.77. The number of benzene rings is 1. The van der Waals surface area contributed by atoms with E-state index in [0.29, 0.717) is 23.7 Å². The van der Waals surface area contributed by atoms with E-state index in [1.165, 1.54) is 44.1 Å². The molecule has 3 nitrogen and oxygen atoms in total. The van der Waals surface area contributed by atoms with Crippen LogP contribution in [0, 0.1) is 17.3 Å². The molecule has 1 saturated carbocycles. The van der Waals surface area contributed by atoms with Gasteiger partial charge in [-0.2, -0.15) is 0 Å². The number of allylic oxidation sites excluding steroid dienone is 1. The van der Waals surface area contributed by atoms with Gasteiger partial charge in [-0.1, -0.05) is 19.1 Å². The third-order valence-electron chi connectivity index (χ3n) is 8.64. The van der Waals surface area contributed by atoms with Crippen molar-refractivity contribution in [1.29, 1.82) is 0 Å². The molecule has 1 heterocycles. The van der Waals surface area contributed by atoms with E-state index in [1.807, 2.05) is 0 Å². The Bertz CT molecular complexity index is 822. The fourth-order valence-corrected chi connectivity index (χ4v) is 7.11. The average molecular weight is 394 g/mol. The number of fused-ring (bicyclic) bond motifs is 5. The van der Waals surface area contributed by atoms with Crippen molar-refractivity contribution in [2.45, 2.75) is 70.6 Å². The maximum absolute atomic E-state index is 13.5. The van der Waals surface area contributed by atoms with Crippen LogP contribution in [0.2, 0.25) is 0 Å². The van der Waals surface area contributed by atoms with Gasteiger partial charge in [-0.05, 0) is 98.8 Å². The van der Waals surface area contributed by atoms with E-state index in [0.717, 1.165) is 43.7 Å². The monoisotopic (exact) mass is 393 g/mol. The van der Waals surface area contributed by atoms with Crippen LogP contribution in [-0.2, 0) is 11.2 Å². The van der Waals surface area contributed by atoms with Gasteiger partial charge in [-0.15, -0.1) is 0 Å². The molecule has 0 radical (unpaired) electrons. The van der Waals surface area contributed by atoms with Crippen molar-refractivity contribution >= 4 is 5.91 Å². The smallest absolute Gasteiger partial charge is 0.250 e. The van der Waals surface area contributed by atoms with Crippen LogP contribution in [0.5, 0.6) is 5.75 Å². The van der Waals surface area contributed by atoms with Crippen molar-refractivity contribution in [3.05, 3.63) is 41.0 Å². The molecule has 1 amide bonds. The molecular weight excluding hydrogens is 358 g/mol. The predicted molar refractivity (Wildman–Crippen MR) is 116 cm³/mol. The van der Waals surface area contributed by atoms with Crippen molar-refractivity contribution in [3.8, 4) is 5.75 Å². The Morgan fingerprint density at radius 1 is 1.14 bits per heavy atom. The first-order valence-electron chi connectivity index (χ1n) is 11.8. The topological polar surface area (TPSA) is 29.5 Å². The summed E-state index contributed by atoms with van der Waals surface area (Å²) in [6.07, 6.45) is 13.0. The Morgan fingerprint density at radius 2 is 1.97 bits per heavy atom. The summed E-state index contributed by atoms with van der Waals surface area (Å²) < 4.78 is 5.47. The standard InChI is InChI=1S/C26H35NO2/c1-26-14-13-21-20-12-10-19(29-2)17-18(20)9-11-22(21)23(26)7-6-8-24(26)25(28)27-15-4-3-5-16-27/h8,10,12,17,21-23H,3-7,9,11,13-16H2,1-2H3/t21-,22-,23+,26+/m1/s1. The van der Waals surface area contributed by atoms with E-state index < -0.39 is 0 Å². The zero-order valence-corrected chi connectivity index (χ0v) is 18.1. The molecule has 4 aliphatic rings. The van der Waals surface area contributed by atoms with E-state index in [2.05, 4.69) is 36.1 Å². The average Bonchev–Trinajstić information content (AvgIpc) is 2.77. The van der Waals surface area contributed by atoms with Crippen LogP contribution in [-0.4, -0.2) is 31.0 Å². The number of carbonyl (C=O) groups excluding carboxylic acids is 1. The largest absolute Gasteiger partial charge is 0.497 e. The molecule has 29 heavy (non-hydrogen) atoms. The summed E-state index contributed by atoms with van der Waals surface area (Å²) in [5.41, 5.74) is 4.28. The van der Waals surface area contributed by atoms with Gasteiger partial charge in [0, 0.05) is 24.1 Å². The molecule has 1 aromatic rings. The second kappa shape index (κ2) is 7.49. The van der Waals surface area contributed by atoms with E-state index in [4.69, 9.17) is 4.74 Å². The number of ether oxygens (including phenoxy) is 1. The number of aryl methyl sites for hydroxylation is 1. The van der Waals surface area contributed by atoms with Gasteiger partial charge in [-0.25, -0.2) is 0 Å². The molecule has 3 aliphatic carbocycles. The van der Waals surface area contributed by atoms with Gasteiger partial charge in [0.1, 0.15) is 5.75 Å². The summed E-state index contributed by atoms with van der Waals surface area (Å²) in [6, 6.07) is 6.72. The number of methoxy groups -OCH3 is 1. The number of rotatable bonds is 2. The molecule has 3 heteroatoms. The van der Waals surface area contributed by atoms with Gasteiger partial charge in [-0.3, -0.25) is 4.79 Å². The molecule has 1 saturated heterocycles. The van der Waals surface area contributed by atoms with Crippen LogP contribution in [0.15, 0.2) is 29.8 Å². The number of likely N-dealkylation sites (tertiary alicyclic amines) is 1. The Balaban J connectivity index is 1.42. The van der Waals surface area contributed by atoms with E-state index in [-0.39, 0.29) is 5.41 Å². The van der Waals surface area contributed by atoms with Gasteiger partial charge in [0.25, 0.3) is 0 Å². The molecule has 1 aromatic carbocycles. The summed E-state index contributed by atoms with van der Waals surface area (Å²) in [7, 11) is 1.76. The highest BCUT2D eigenvalue weighted by Crippen LogP contribution is 2.60. The Morgan fingerprint density at radius 3 is 2.76 bits per heavy atom. The summed E-state index contributed by atoms with van der Waals surface area (Å²) in [6.45, 7) is 4.33. The number of hydrogen-bond donors (Lipinski definition) is 0. The second-order valence-corrected chi connectivity index (χ2v) is 9.98. The lowest BCUT2D eigenvalue weighted by molar-refractivity contribution is -0.130. The molecule has 0 bridgehead atoms. The SMILES string of the molecule is COc1ccc2c(c1)CC[C@@H]1[C@@H]2CC[C@]2(C)C(C(=O)N3CCCCC3)=CCC[C@@H]12. The van der Waals surface area contributed by atoms with Crippen molar-refractivity contribution in [2.24, 2.45) is 17.3 Å². The van der Waals surface area contributed by atoms with E-state index in [9.17, 15) is 4.79 Å². The minimum atomic E-state index is 0.0674. The maximum Gasteiger partial charge on any atom is 0.250 e. The second-order valence-electron chi connectivity index (χ2n) is 9.98. The first kappa shape index (κ1) is 19.2. The molecule has 1 aliphatic heterocycles. The van der Waals surface area contributed by atoms with Crippen LogP contribution in [0.1, 0.15) is 75.3 Å². The zero-order chi connectivity index (χ0) is 20.0. The lowest BCUT2D eigenvalue weighted by Gasteiger charge is -2.54. The van der Waals surface area contributed by atoms with Crippen LogP contribution >= 0.6 is 0 Å². The summed E-state index contributed by atoms with van der Waals surface area (Å²) in [5, 5.41) is 0. The third kappa shape index (κ3) is 3.12. The third-order valence-corrected chi connectivity index (χ3v) is 8.64. The number of hydrogen-bond acceptors (Lipinski definition) is 2. The first-order valence-corrected chi connectivity index (χ1v) is 11.8. The lowest BCUT2D eigenvalue weighted by atomic mass is 9.50. The fraction of sp³-hybridized carbons (Fsp3) is 0.654. The molecule has 0 aromatic heterocycles. The highest BCUT2D eigenvalue weighted by molar-refractivity contribution is 5.95. The van der Waals surface area contributed by atoms with Crippen molar-refractivity contribution in [2.75, 3.05) is 20.2 Å². The van der Waals surface area contributed by atoms with Crippen molar-refractivity contribution < 1.29 is 9.53 Å². The van der Waals surface area contributed by atoms with Crippen LogP contribution in [0.3, 0.4) is 0 Å². The molecule has 2 fully saturated rings. The quantitative estimate of drug-likeness (QED) is 0.665. The molecule has 4 atom stereocenters. The normalized spacial score (nSPS) is 33.8. The minimum Gasteiger partial charge on any atom is -0.497 e. The zero-order valence-electron chi connectivity index (χ0n) is 18.1. The van der Waals surface area contributed by atoms with E-state index in [1.54, 1.807) is 12.7 Å². The number of amides is 1. The van der Waals surface area contributed by atoms with Gasteiger partial charge < -0.3 is 9.64 Å². The Kier molecular flexibility index (Phi) is 4.96. The molecule has 0 spiro atoms. The number of nitrogens with zero attached hydrogens (tertiary/aromatic N) is 1. The van der Waals surface area contributed by atoms with Gasteiger partial charge in [0.2, 0.25) is 5.91 Å². The Labute approximate surface area is 175 Å². The molecular formula is C26H35NO2. The number of piperidine rings is 1. The fourth-order valence-electron chi connectivity index (χ4n) is 7.11. The van der Waals surface area contributed by atoms with Gasteiger partial charge in [0.05, 0.1) is 7.11 Å². The highest BCUT2D eigenvalue weighted by atomic mass is 16.5. The summed E-state index contributed by atoms with van der Waals surface area (Å²) in [4.78, 5) is 15.6. The summed E-state index contributed by atoms with van der Waals surface area (Å²) in [5.74, 6) is 3.36. The van der Waals surface area contributed by atoms with Crippen LogP contribution < -0.4 is 4.74 Å². The van der Waals surface area contributed by atoms with Crippen molar-refractivity contribution in [3.63, 3.8) is 0 Å². The van der Waals surface area contributed by atoms with Gasteiger partial charge in [0.15, 0.2) is 0 Å². The van der Waals surface area contributed by atoms with Gasteiger partial charge >= 0.3 is 0 Å². The highest BCUT2D eigenvalue weighted by Gasteiger charge is 2.52. The van der Waals surface area contributed by atoms with Crippen molar-refractivity contribution in [1.82, 2.24) is 4.90 Å². The van der Waals surface area contributed by atoms with Crippen LogP contribution in [0.4, 0.5) is 0 Å². The maximum atomic E-state index is 13.5. The summed E-state index contributed by atoms with van der Waals surface area (Å²) >= 11 is 0.